The molecule has 2 rings (SSSR count). The Hall–Kier alpha value is -1.43. The van der Waals surface area contributed by atoms with Crippen LogP contribution < -0.4 is 5.32 Å². The lowest BCUT2D eigenvalue weighted by atomic mass is 9.97. The fourth-order valence-electron chi connectivity index (χ4n) is 1.97. The Morgan fingerprint density at radius 2 is 2.17 bits per heavy atom. The van der Waals surface area contributed by atoms with E-state index in [0.717, 1.165) is 10.0 Å². The van der Waals surface area contributed by atoms with Crippen molar-refractivity contribution in [3.8, 4) is 0 Å². The van der Waals surface area contributed by atoms with Crippen molar-refractivity contribution in [2.24, 2.45) is 0 Å². The molecular formula is C12H14BrN3O2. The highest BCUT2D eigenvalue weighted by Crippen LogP contribution is 2.27. The summed E-state index contributed by atoms with van der Waals surface area (Å²) in [6, 6.07) is 1.54. The molecule has 1 atom stereocenters. The molecule has 0 bridgehead atoms. The van der Waals surface area contributed by atoms with E-state index in [2.05, 4.69) is 26.2 Å². The third kappa shape index (κ3) is 2.12. The second-order valence-corrected chi connectivity index (χ2v) is 5.40. The lowest BCUT2D eigenvalue weighted by molar-refractivity contribution is -0.126. The number of carbonyl (C=O) groups excluding carboxylic acids is 2. The summed E-state index contributed by atoms with van der Waals surface area (Å²) in [6.45, 7) is 4.04. The second kappa shape index (κ2) is 4.68. The van der Waals surface area contributed by atoms with Gasteiger partial charge in [0, 0.05) is 16.9 Å². The summed E-state index contributed by atoms with van der Waals surface area (Å²) in [5.41, 5.74) is 0.105. The van der Waals surface area contributed by atoms with Gasteiger partial charge >= 0.3 is 6.03 Å². The van der Waals surface area contributed by atoms with Gasteiger partial charge in [-0.05, 0) is 40.9 Å². The SMILES string of the molecule is CCC1(C)C(=O)NC(=O)N1Cc1cncc(Br)c1. The Morgan fingerprint density at radius 3 is 2.78 bits per heavy atom. The molecule has 1 unspecified atom stereocenters. The molecule has 5 nitrogen and oxygen atoms in total. The quantitative estimate of drug-likeness (QED) is 0.869. The molecule has 1 saturated heterocycles. The molecule has 0 radical (unpaired) electrons. The first-order valence-corrected chi connectivity index (χ1v) is 6.49. The first-order valence-electron chi connectivity index (χ1n) is 5.70. The minimum Gasteiger partial charge on any atom is -0.306 e. The van der Waals surface area contributed by atoms with E-state index in [0.29, 0.717) is 13.0 Å². The number of hydrogen-bond donors (Lipinski definition) is 1. The lowest BCUT2D eigenvalue weighted by Crippen LogP contribution is -2.45. The smallest absolute Gasteiger partial charge is 0.306 e. The number of urea groups is 1. The highest BCUT2D eigenvalue weighted by atomic mass is 79.9. The highest BCUT2D eigenvalue weighted by Gasteiger charge is 2.47. The van der Waals surface area contributed by atoms with E-state index < -0.39 is 5.54 Å². The van der Waals surface area contributed by atoms with Gasteiger partial charge in [0.1, 0.15) is 5.54 Å². The summed E-state index contributed by atoms with van der Waals surface area (Å²) in [5.74, 6) is -0.238. The van der Waals surface area contributed by atoms with Gasteiger partial charge in [-0.15, -0.1) is 0 Å². The van der Waals surface area contributed by atoms with Crippen molar-refractivity contribution in [1.29, 1.82) is 0 Å². The Kier molecular flexibility index (Phi) is 3.38. The maximum absolute atomic E-state index is 11.8. The number of carbonyl (C=O) groups is 2. The van der Waals surface area contributed by atoms with Gasteiger partial charge in [-0.2, -0.15) is 0 Å². The summed E-state index contributed by atoms with van der Waals surface area (Å²) >= 11 is 3.34. The van der Waals surface area contributed by atoms with Crippen LogP contribution in [0.15, 0.2) is 22.9 Å². The zero-order chi connectivity index (χ0) is 13.3. The maximum Gasteiger partial charge on any atom is 0.325 e. The summed E-state index contributed by atoms with van der Waals surface area (Å²) in [4.78, 5) is 29.2. The second-order valence-electron chi connectivity index (χ2n) is 4.48. The van der Waals surface area contributed by atoms with Crippen LogP contribution in [0.5, 0.6) is 0 Å². The molecule has 6 heteroatoms. The van der Waals surface area contributed by atoms with Crippen LogP contribution in [0.4, 0.5) is 4.79 Å². The lowest BCUT2D eigenvalue weighted by Gasteiger charge is -2.30. The number of amides is 3. The number of pyridine rings is 1. The van der Waals surface area contributed by atoms with Gasteiger partial charge in [-0.3, -0.25) is 15.1 Å². The molecule has 1 aromatic rings. The fourth-order valence-corrected chi connectivity index (χ4v) is 2.38. The zero-order valence-corrected chi connectivity index (χ0v) is 11.8. The molecule has 1 aromatic heterocycles. The van der Waals surface area contributed by atoms with Crippen LogP contribution in [0.1, 0.15) is 25.8 Å². The van der Waals surface area contributed by atoms with Crippen LogP contribution in [0, 0.1) is 0 Å². The van der Waals surface area contributed by atoms with Crippen LogP contribution in [-0.2, 0) is 11.3 Å². The first kappa shape index (κ1) is 13.0. The van der Waals surface area contributed by atoms with E-state index in [1.807, 2.05) is 13.0 Å². The van der Waals surface area contributed by atoms with Gasteiger partial charge in [-0.1, -0.05) is 6.92 Å². The van der Waals surface area contributed by atoms with Gasteiger partial charge < -0.3 is 4.90 Å². The van der Waals surface area contributed by atoms with Crippen molar-refractivity contribution in [1.82, 2.24) is 15.2 Å². The van der Waals surface area contributed by atoms with Crippen molar-refractivity contribution in [2.75, 3.05) is 0 Å². The van der Waals surface area contributed by atoms with Crippen molar-refractivity contribution in [3.63, 3.8) is 0 Å². The molecule has 3 amide bonds. The molecule has 96 valence electrons. The van der Waals surface area contributed by atoms with Crippen LogP contribution in [0.2, 0.25) is 0 Å². The first-order chi connectivity index (χ1) is 8.47. The predicted molar refractivity (Wildman–Crippen MR) is 69.7 cm³/mol. The van der Waals surface area contributed by atoms with Gasteiger partial charge in [0.05, 0.1) is 6.54 Å². The van der Waals surface area contributed by atoms with Crippen LogP contribution in [0.3, 0.4) is 0 Å². The highest BCUT2D eigenvalue weighted by molar-refractivity contribution is 9.10. The Balaban J connectivity index is 2.27. The van der Waals surface area contributed by atoms with Gasteiger partial charge in [-0.25, -0.2) is 4.79 Å². The average Bonchev–Trinajstić information content (AvgIpc) is 2.54. The Morgan fingerprint density at radius 1 is 1.44 bits per heavy atom. The molecule has 1 aliphatic rings. The molecule has 0 aliphatic carbocycles. The number of hydrogen-bond acceptors (Lipinski definition) is 3. The van der Waals surface area contributed by atoms with Gasteiger partial charge in [0.25, 0.3) is 5.91 Å². The number of nitrogens with one attached hydrogen (secondary N) is 1. The minimum absolute atomic E-state index is 0.238. The van der Waals surface area contributed by atoms with Crippen molar-refractivity contribution in [3.05, 3.63) is 28.5 Å². The molecular weight excluding hydrogens is 298 g/mol. The van der Waals surface area contributed by atoms with Crippen molar-refractivity contribution in [2.45, 2.75) is 32.4 Å². The van der Waals surface area contributed by atoms with Gasteiger partial charge in [0.15, 0.2) is 0 Å². The van der Waals surface area contributed by atoms with E-state index in [1.54, 1.807) is 24.2 Å². The van der Waals surface area contributed by atoms with E-state index in [4.69, 9.17) is 0 Å². The van der Waals surface area contributed by atoms with Crippen LogP contribution in [-0.4, -0.2) is 27.4 Å². The van der Waals surface area contributed by atoms with Crippen LogP contribution in [0.25, 0.3) is 0 Å². The molecule has 18 heavy (non-hydrogen) atoms. The van der Waals surface area contributed by atoms with Gasteiger partial charge in [0.2, 0.25) is 0 Å². The monoisotopic (exact) mass is 311 g/mol. The standard InChI is InChI=1S/C12H14BrN3O2/c1-3-12(2)10(17)15-11(18)16(12)7-8-4-9(13)6-14-5-8/h4-6H,3,7H2,1-2H3,(H,15,17,18). The third-order valence-electron chi connectivity index (χ3n) is 3.34. The summed E-state index contributed by atoms with van der Waals surface area (Å²) in [7, 11) is 0. The summed E-state index contributed by atoms with van der Waals surface area (Å²) in [5, 5.41) is 2.36. The molecule has 1 aliphatic heterocycles. The van der Waals surface area contributed by atoms with Crippen molar-refractivity contribution < 1.29 is 9.59 Å². The molecule has 2 heterocycles. The van der Waals surface area contributed by atoms with Crippen molar-refractivity contribution >= 4 is 27.9 Å². The van der Waals surface area contributed by atoms with E-state index in [9.17, 15) is 9.59 Å². The van der Waals surface area contributed by atoms with E-state index in [1.165, 1.54) is 0 Å². The normalized spacial score (nSPS) is 23.4. The minimum atomic E-state index is -0.778. The average molecular weight is 312 g/mol. The molecule has 0 saturated carbocycles. The molecule has 0 spiro atoms. The topological polar surface area (TPSA) is 62.3 Å². The number of imide groups is 1. The number of nitrogens with zero attached hydrogens (tertiary/aromatic N) is 2. The molecule has 1 fully saturated rings. The zero-order valence-electron chi connectivity index (χ0n) is 10.2. The fraction of sp³-hybridized carbons (Fsp3) is 0.417. The molecule has 0 aromatic carbocycles. The van der Waals surface area contributed by atoms with E-state index >= 15 is 0 Å². The van der Waals surface area contributed by atoms with Crippen LogP contribution >= 0.6 is 15.9 Å². The largest absolute Gasteiger partial charge is 0.325 e. The number of aromatic nitrogens is 1. The predicted octanol–water partition coefficient (Wildman–Crippen LogP) is 2.06. The third-order valence-corrected chi connectivity index (χ3v) is 3.77. The maximum atomic E-state index is 11.8. The number of rotatable bonds is 3. The van der Waals surface area contributed by atoms with E-state index in [-0.39, 0.29) is 11.9 Å². The summed E-state index contributed by atoms with van der Waals surface area (Å²) < 4.78 is 0.851. The molecule has 1 N–H and O–H groups in total. The summed E-state index contributed by atoms with van der Waals surface area (Å²) in [6.07, 6.45) is 3.95. The number of halogens is 1. The Labute approximate surface area is 114 Å². The Bertz CT molecular complexity index is 506.